The van der Waals surface area contributed by atoms with Crippen molar-refractivity contribution in [1.29, 1.82) is 0 Å². The van der Waals surface area contributed by atoms with Gasteiger partial charge in [0.05, 0.1) is 12.2 Å². The fourth-order valence-corrected chi connectivity index (χ4v) is 4.00. The van der Waals surface area contributed by atoms with Crippen molar-refractivity contribution in [3.63, 3.8) is 0 Å². The summed E-state index contributed by atoms with van der Waals surface area (Å²) < 4.78 is 32.0. The van der Waals surface area contributed by atoms with Gasteiger partial charge in [0.2, 0.25) is 0 Å². The van der Waals surface area contributed by atoms with E-state index in [2.05, 4.69) is 39.5 Å². The molecule has 2 N–H and O–H groups in total. The second-order valence-corrected chi connectivity index (χ2v) is 8.10. The molecule has 32 heavy (non-hydrogen) atoms. The molecule has 0 atom stereocenters. The van der Waals surface area contributed by atoms with Crippen LogP contribution in [0.1, 0.15) is 62.5 Å². The number of aromatic nitrogens is 1. The molecule has 0 saturated carbocycles. The Morgan fingerprint density at radius 2 is 1.91 bits per heavy atom. The number of guanidine groups is 1. The Morgan fingerprint density at radius 3 is 2.53 bits per heavy atom. The largest absolute Gasteiger partial charge is 0.359 e. The lowest BCUT2D eigenvalue weighted by molar-refractivity contribution is 0.198. The van der Waals surface area contributed by atoms with Gasteiger partial charge in [0, 0.05) is 44.7 Å². The first-order valence-corrected chi connectivity index (χ1v) is 11.1. The molecule has 9 heteroatoms. The zero-order valence-electron chi connectivity index (χ0n) is 19.0. The topological polar surface area (TPSA) is 65.7 Å². The van der Waals surface area contributed by atoms with Gasteiger partial charge in [-0.25, -0.2) is 8.78 Å². The molecule has 0 spiro atoms. The van der Waals surface area contributed by atoms with Gasteiger partial charge >= 0.3 is 0 Å². The molecule has 1 aromatic heterocycles. The van der Waals surface area contributed by atoms with Crippen molar-refractivity contribution in [2.75, 3.05) is 20.1 Å². The molecule has 1 aromatic carbocycles. The van der Waals surface area contributed by atoms with Crippen LogP contribution in [0, 0.1) is 11.6 Å². The van der Waals surface area contributed by atoms with Crippen molar-refractivity contribution in [2.24, 2.45) is 4.99 Å². The van der Waals surface area contributed by atoms with Gasteiger partial charge in [-0.05, 0) is 43.4 Å². The van der Waals surface area contributed by atoms with Crippen molar-refractivity contribution in [3.05, 3.63) is 52.9 Å². The second kappa shape index (κ2) is 13.1. The monoisotopic (exact) mass is 561 g/mol. The van der Waals surface area contributed by atoms with Crippen LogP contribution in [-0.2, 0) is 13.1 Å². The fourth-order valence-electron chi connectivity index (χ4n) is 4.00. The summed E-state index contributed by atoms with van der Waals surface area (Å²) in [6.07, 6.45) is 4.00. The third-order valence-corrected chi connectivity index (χ3v) is 5.95. The highest BCUT2D eigenvalue weighted by Crippen LogP contribution is 2.22. The maximum absolute atomic E-state index is 13.4. The van der Waals surface area contributed by atoms with Crippen LogP contribution in [0.2, 0.25) is 0 Å². The lowest BCUT2D eigenvalue weighted by atomic mass is 9.99. The molecule has 2 aromatic rings. The Morgan fingerprint density at radius 1 is 1.19 bits per heavy atom. The summed E-state index contributed by atoms with van der Waals surface area (Å²) in [7, 11) is 1.75. The predicted octanol–water partition coefficient (Wildman–Crippen LogP) is 4.80. The SMILES string of the molecule is CCC(CC)c1cc(CNC(=NC)NC2CCN(Cc3ccc(F)c(F)c3)CC2)on1.I. The number of piperidine rings is 1. The van der Waals surface area contributed by atoms with Gasteiger partial charge in [-0.1, -0.05) is 25.1 Å². The molecule has 1 fully saturated rings. The van der Waals surface area contributed by atoms with Crippen LogP contribution < -0.4 is 10.6 Å². The van der Waals surface area contributed by atoms with Crippen LogP contribution in [0.5, 0.6) is 0 Å². The Bertz CT molecular complexity index is 864. The molecule has 0 unspecified atom stereocenters. The van der Waals surface area contributed by atoms with E-state index in [1.165, 1.54) is 12.1 Å². The minimum Gasteiger partial charge on any atom is -0.359 e. The molecule has 178 valence electrons. The predicted molar refractivity (Wildman–Crippen MR) is 133 cm³/mol. The van der Waals surface area contributed by atoms with Crippen molar-refractivity contribution < 1.29 is 13.3 Å². The van der Waals surface area contributed by atoms with Crippen LogP contribution in [0.25, 0.3) is 0 Å². The lowest BCUT2D eigenvalue weighted by Crippen LogP contribution is -2.48. The number of halogens is 3. The first-order chi connectivity index (χ1) is 15.0. The lowest BCUT2D eigenvalue weighted by Gasteiger charge is -2.33. The van der Waals surface area contributed by atoms with Gasteiger partial charge in [-0.2, -0.15) is 0 Å². The smallest absolute Gasteiger partial charge is 0.191 e. The number of benzene rings is 1. The van der Waals surface area contributed by atoms with E-state index in [1.807, 2.05) is 6.07 Å². The maximum atomic E-state index is 13.4. The van der Waals surface area contributed by atoms with E-state index >= 15 is 0 Å². The van der Waals surface area contributed by atoms with E-state index in [-0.39, 0.29) is 24.0 Å². The Labute approximate surface area is 206 Å². The molecule has 1 saturated heterocycles. The highest BCUT2D eigenvalue weighted by Gasteiger charge is 2.21. The molecule has 0 amide bonds. The second-order valence-electron chi connectivity index (χ2n) is 8.10. The first-order valence-electron chi connectivity index (χ1n) is 11.1. The summed E-state index contributed by atoms with van der Waals surface area (Å²) in [5.41, 5.74) is 1.81. The quantitative estimate of drug-likeness (QED) is 0.276. The number of hydrogen-bond acceptors (Lipinski definition) is 4. The normalized spacial score (nSPS) is 15.6. The average Bonchev–Trinajstić information content (AvgIpc) is 3.24. The van der Waals surface area contributed by atoms with Crippen molar-refractivity contribution >= 4 is 29.9 Å². The van der Waals surface area contributed by atoms with Crippen molar-refractivity contribution in [2.45, 2.75) is 64.6 Å². The summed E-state index contributed by atoms with van der Waals surface area (Å²) in [5.74, 6) is 0.377. The standard InChI is InChI=1S/C23H33F2N5O.HI/c1-4-17(5-2)22-13-19(31-29-22)14-27-23(26-3)28-18-8-10-30(11-9-18)15-16-6-7-20(24)21(25)12-16;/h6-7,12-13,17-18H,4-5,8-11,14-15H2,1-3H3,(H2,26,27,28);1H. The number of aliphatic imine (C=N–C) groups is 1. The van der Waals surface area contributed by atoms with Crippen molar-refractivity contribution in [1.82, 2.24) is 20.7 Å². The zero-order valence-corrected chi connectivity index (χ0v) is 21.4. The van der Waals surface area contributed by atoms with E-state index < -0.39 is 11.6 Å². The molecule has 2 heterocycles. The minimum absolute atomic E-state index is 0. The number of likely N-dealkylation sites (tertiary alicyclic amines) is 1. The average molecular weight is 561 g/mol. The Hall–Kier alpha value is -1.75. The number of nitrogens with zero attached hydrogens (tertiary/aromatic N) is 3. The summed E-state index contributed by atoms with van der Waals surface area (Å²) in [6, 6.07) is 6.45. The first kappa shape index (κ1) is 26.5. The van der Waals surface area contributed by atoms with Gasteiger partial charge in [-0.3, -0.25) is 9.89 Å². The minimum atomic E-state index is -0.803. The van der Waals surface area contributed by atoms with Gasteiger partial charge in [0.15, 0.2) is 23.4 Å². The molecular formula is C23H34F2IN5O. The molecule has 3 rings (SSSR count). The molecule has 0 bridgehead atoms. The van der Waals surface area contributed by atoms with Crippen LogP contribution in [0.4, 0.5) is 8.78 Å². The summed E-state index contributed by atoms with van der Waals surface area (Å²) in [4.78, 5) is 6.58. The Balaban J connectivity index is 0.00000363. The van der Waals surface area contributed by atoms with Crippen LogP contribution in [0.15, 0.2) is 33.8 Å². The molecule has 0 radical (unpaired) electrons. The number of hydrogen-bond donors (Lipinski definition) is 2. The molecule has 6 nitrogen and oxygen atoms in total. The van der Waals surface area contributed by atoms with E-state index in [1.54, 1.807) is 13.1 Å². The van der Waals surface area contributed by atoms with Crippen LogP contribution in [-0.4, -0.2) is 42.2 Å². The fraction of sp³-hybridized carbons (Fsp3) is 0.565. The van der Waals surface area contributed by atoms with E-state index in [0.29, 0.717) is 25.0 Å². The van der Waals surface area contributed by atoms with Crippen LogP contribution in [0.3, 0.4) is 0 Å². The molecule has 0 aliphatic carbocycles. The summed E-state index contributed by atoms with van der Waals surface area (Å²) >= 11 is 0. The van der Waals surface area contributed by atoms with E-state index in [9.17, 15) is 8.78 Å². The van der Waals surface area contributed by atoms with Gasteiger partial charge in [-0.15, -0.1) is 24.0 Å². The zero-order chi connectivity index (χ0) is 22.2. The maximum Gasteiger partial charge on any atom is 0.191 e. The molecule has 1 aliphatic heterocycles. The number of nitrogens with one attached hydrogen (secondary N) is 2. The van der Waals surface area contributed by atoms with E-state index in [4.69, 9.17) is 4.52 Å². The number of rotatable bonds is 8. The van der Waals surface area contributed by atoms with Crippen LogP contribution >= 0.6 is 24.0 Å². The highest BCUT2D eigenvalue weighted by molar-refractivity contribution is 14.0. The van der Waals surface area contributed by atoms with E-state index in [0.717, 1.165) is 61.7 Å². The van der Waals surface area contributed by atoms with Gasteiger partial charge in [0.25, 0.3) is 0 Å². The third kappa shape index (κ3) is 7.40. The Kier molecular flexibility index (Phi) is 10.8. The summed E-state index contributed by atoms with van der Waals surface area (Å²) in [5, 5.41) is 11.0. The highest BCUT2D eigenvalue weighted by atomic mass is 127. The van der Waals surface area contributed by atoms with Gasteiger partial charge < -0.3 is 15.2 Å². The van der Waals surface area contributed by atoms with Gasteiger partial charge in [0.1, 0.15) is 0 Å². The molecule has 1 aliphatic rings. The molecular weight excluding hydrogens is 527 g/mol. The third-order valence-electron chi connectivity index (χ3n) is 5.95. The summed E-state index contributed by atoms with van der Waals surface area (Å²) in [6.45, 7) is 7.25. The van der Waals surface area contributed by atoms with Crippen molar-refractivity contribution in [3.8, 4) is 0 Å².